The zero-order valence-corrected chi connectivity index (χ0v) is 18.6. The molecule has 3 aromatic heterocycles. The number of thiazole rings is 1. The molecule has 0 saturated heterocycles. The number of nitrogens with one attached hydrogen (secondary N) is 2. The molecule has 0 unspecified atom stereocenters. The van der Waals surface area contributed by atoms with Crippen LogP contribution in [0.5, 0.6) is 0 Å². The minimum atomic E-state index is -0.259. The fraction of sp³-hybridized carbons (Fsp3) is 0.348. The van der Waals surface area contributed by atoms with E-state index in [1.54, 1.807) is 11.3 Å². The van der Waals surface area contributed by atoms with Gasteiger partial charge in [0, 0.05) is 16.6 Å². The van der Waals surface area contributed by atoms with Gasteiger partial charge in [0.2, 0.25) is 5.82 Å². The van der Waals surface area contributed by atoms with E-state index in [1.807, 2.05) is 43.5 Å². The first-order valence-electron chi connectivity index (χ1n) is 10.7. The van der Waals surface area contributed by atoms with Crippen LogP contribution >= 0.6 is 11.3 Å². The minimum Gasteiger partial charge on any atom is -0.319 e. The number of aromatic nitrogens is 6. The number of H-pyrrole nitrogens is 2. The Labute approximate surface area is 185 Å². The van der Waals surface area contributed by atoms with Gasteiger partial charge in [0.05, 0.1) is 11.3 Å². The standard InChI is InChI=1S/C23H26N6OS/c1-3-4-5-6-7-8-17-14-24-23(31-17)19-13-18(16-11-9-15(2)10-12-16)20(22(30)25-19)21-26-28-29-27-21/h9-14H,3-8H2,1-2H3,(H,25,30)(H,26,27,28,29). The normalized spacial score (nSPS) is 11.2. The summed E-state index contributed by atoms with van der Waals surface area (Å²) in [6.45, 7) is 4.26. The van der Waals surface area contributed by atoms with Gasteiger partial charge in [-0.3, -0.25) is 4.79 Å². The molecule has 0 saturated carbocycles. The van der Waals surface area contributed by atoms with Crippen LogP contribution in [0.4, 0.5) is 0 Å². The van der Waals surface area contributed by atoms with Crippen molar-refractivity contribution in [2.75, 3.05) is 0 Å². The maximum Gasteiger partial charge on any atom is 0.260 e. The number of hydrogen-bond donors (Lipinski definition) is 2. The maximum absolute atomic E-state index is 13.1. The Kier molecular flexibility index (Phi) is 6.66. The van der Waals surface area contributed by atoms with E-state index in [-0.39, 0.29) is 11.4 Å². The largest absolute Gasteiger partial charge is 0.319 e. The van der Waals surface area contributed by atoms with Crippen LogP contribution in [0, 0.1) is 6.92 Å². The molecule has 0 aliphatic heterocycles. The number of benzene rings is 1. The number of aryl methyl sites for hydroxylation is 2. The lowest BCUT2D eigenvalue weighted by Crippen LogP contribution is -2.12. The van der Waals surface area contributed by atoms with Gasteiger partial charge < -0.3 is 4.98 Å². The summed E-state index contributed by atoms with van der Waals surface area (Å²) in [4.78, 5) is 21.8. The average molecular weight is 435 g/mol. The number of pyridine rings is 1. The second-order valence-electron chi connectivity index (χ2n) is 7.70. The van der Waals surface area contributed by atoms with Crippen LogP contribution < -0.4 is 5.56 Å². The van der Waals surface area contributed by atoms with Gasteiger partial charge in [0.25, 0.3) is 5.56 Å². The fourth-order valence-electron chi connectivity index (χ4n) is 3.58. The Hall–Kier alpha value is -3.13. The number of unbranched alkanes of at least 4 members (excludes halogenated alkanes) is 4. The minimum absolute atomic E-state index is 0.259. The van der Waals surface area contributed by atoms with E-state index in [0.29, 0.717) is 11.3 Å². The Morgan fingerprint density at radius 1 is 1.06 bits per heavy atom. The predicted octanol–water partition coefficient (Wildman–Crippen LogP) is 5.17. The molecule has 0 aliphatic carbocycles. The lowest BCUT2D eigenvalue weighted by molar-refractivity contribution is 0.634. The number of hydrogen-bond acceptors (Lipinski definition) is 6. The van der Waals surface area contributed by atoms with Crippen LogP contribution in [0.1, 0.15) is 49.5 Å². The van der Waals surface area contributed by atoms with Crippen LogP contribution in [0.25, 0.3) is 33.2 Å². The zero-order valence-electron chi connectivity index (χ0n) is 17.8. The molecule has 0 radical (unpaired) electrons. The fourth-order valence-corrected chi connectivity index (χ4v) is 4.50. The van der Waals surface area contributed by atoms with E-state index in [4.69, 9.17) is 0 Å². The van der Waals surface area contributed by atoms with Crippen LogP contribution in [0.2, 0.25) is 0 Å². The molecule has 31 heavy (non-hydrogen) atoms. The van der Waals surface area contributed by atoms with Crippen molar-refractivity contribution in [2.45, 2.75) is 52.4 Å². The molecule has 0 amide bonds. The first-order chi connectivity index (χ1) is 15.2. The van der Waals surface area contributed by atoms with Gasteiger partial charge in [0.1, 0.15) is 5.01 Å². The molecule has 4 aromatic rings. The number of aromatic amines is 2. The molecule has 3 heterocycles. The number of rotatable bonds is 9. The highest BCUT2D eigenvalue weighted by atomic mass is 32.1. The van der Waals surface area contributed by atoms with Crippen molar-refractivity contribution in [3.05, 3.63) is 57.3 Å². The summed E-state index contributed by atoms with van der Waals surface area (Å²) < 4.78 is 0. The third-order valence-electron chi connectivity index (χ3n) is 5.28. The molecule has 0 aliphatic rings. The van der Waals surface area contributed by atoms with Gasteiger partial charge in [0.15, 0.2) is 0 Å². The van der Waals surface area contributed by atoms with Gasteiger partial charge in [-0.1, -0.05) is 62.4 Å². The summed E-state index contributed by atoms with van der Waals surface area (Å²) in [5.41, 5.74) is 3.68. The van der Waals surface area contributed by atoms with Gasteiger partial charge in [-0.15, -0.1) is 21.5 Å². The summed E-state index contributed by atoms with van der Waals surface area (Å²) >= 11 is 1.64. The van der Waals surface area contributed by atoms with Gasteiger partial charge in [-0.25, -0.2) is 4.98 Å². The summed E-state index contributed by atoms with van der Waals surface area (Å²) in [6.07, 6.45) is 9.20. The topological polar surface area (TPSA) is 100 Å². The van der Waals surface area contributed by atoms with Gasteiger partial charge in [-0.2, -0.15) is 5.21 Å². The Morgan fingerprint density at radius 3 is 2.61 bits per heavy atom. The molecule has 2 N–H and O–H groups in total. The smallest absolute Gasteiger partial charge is 0.260 e. The third-order valence-corrected chi connectivity index (χ3v) is 6.37. The van der Waals surface area contributed by atoms with E-state index in [9.17, 15) is 4.79 Å². The first-order valence-corrected chi connectivity index (χ1v) is 11.5. The van der Waals surface area contributed by atoms with Gasteiger partial charge in [-0.05, 0) is 36.6 Å². The molecule has 0 spiro atoms. The SMILES string of the molecule is CCCCCCCc1cnc(-c2cc(-c3ccc(C)cc3)c(-c3nn[nH]n3)c(=O)[nH]2)s1. The Morgan fingerprint density at radius 2 is 1.87 bits per heavy atom. The molecule has 160 valence electrons. The van der Waals surface area contributed by atoms with Crippen molar-refractivity contribution in [3.63, 3.8) is 0 Å². The Bertz CT molecular complexity index is 1180. The van der Waals surface area contributed by atoms with Crippen LogP contribution in [0.3, 0.4) is 0 Å². The van der Waals surface area contributed by atoms with Crippen LogP contribution in [-0.2, 0) is 6.42 Å². The van der Waals surface area contributed by atoms with E-state index in [0.717, 1.165) is 28.1 Å². The molecule has 0 bridgehead atoms. The zero-order chi connectivity index (χ0) is 21.6. The van der Waals surface area contributed by atoms with E-state index >= 15 is 0 Å². The van der Waals surface area contributed by atoms with Crippen molar-refractivity contribution in [3.8, 4) is 33.2 Å². The molecular formula is C23H26N6OS. The number of tetrazole rings is 1. The summed E-state index contributed by atoms with van der Waals surface area (Å²) in [7, 11) is 0. The molecule has 4 rings (SSSR count). The van der Waals surface area contributed by atoms with E-state index in [1.165, 1.54) is 37.0 Å². The Balaban J connectivity index is 1.67. The highest BCUT2D eigenvalue weighted by Crippen LogP contribution is 2.32. The second kappa shape index (κ2) is 9.78. The monoisotopic (exact) mass is 434 g/mol. The van der Waals surface area contributed by atoms with Crippen LogP contribution in [0.15, 0.2) is 41.3 Å². The van der Waals surface area contributed by atoms with Crippen molar-refractivity contribution >= 4 is 11.3 Å². The van der Waals surface area contributed by atoms with Gasteiger partial charge >= 0.3 is 0 Å². The first kappa shape index (κ1) is 21.1. The molecule has 1 aromatic carbocycles. The molecule has 8 heteroatoms. The average Bonchev–Trinajstić information content (AvgIpc) is 3.46. The molecule has 7 nitrogen and oxygen atoms in total. The van der Waals surface area contributed by atoms with E-state index in [2.05, 4.69) is 37.5 Å². The lowest BCUT2D eigenvalue weighted by Gasteiger charge is -2.09. The second-order valence-corrected chi connectivity index (χ2v) is 8.81. The molecular weight excluding hydrogens is 408 g/mol. The van der Waals surface area contributed by atoms with Crippen molar-refractivity contribution in [1.82, 2.24) is 30.6 Å². The summed E-state index contributed by atoms with van der Waals surface area (Å²) in [6, 6.07) is 10.0. The highest BCUT2D eigenvalue weighted by molar-refractivity contribution is 7.15. The maximum atomic E-state index is 13.1. The third kappa shape index (κ3) is 4.96. The van der Waals surface area contributed by atoms with Crippen molar-refractivity contribution in [2.24, 2.45) is 0 Å². The summed E-state index contributed by atoms with van der Waals surface area (Å²) in [5.74, 6) is 0.273. The van der Waals surface area contributed by atoms with E-state index < -0.39 is 0 Å². The quantitative estimate of drug-likeness (QED) is 0.354. The molecule has 0 fully saturated rings. The lowest BCUT2D eigenvalue weighted by atomic mass is 9.99. The van der Waals surface area contributed by atoms with Crippen molar-refractivity contribution in [1.29, 1.82) is 0 Å². The summed E-state index contributed by atoms with van der Waals surface area (Å²) in [5, 5.41) is 14.9. The highest BCUT2D eigenvalue weighted by Gasteiger charge is 2.19. The van der Waals surface area contributed by atoms with Crippen molar-refractivity contribution < 1.29 is 0 Å². The molecule has 0 atom stereocenters. The van der Waals surface area contributed by atoms with Crippen LogP contribution in [-0.4, -0.2) is 30.6 Å². The number of nitrogens with zero attached hydrogens (tertiary/aromatic N) is 4. The predicted molar refractivity (Wildman–Crippen MR) is 124 cm³/mol.